The maximum Gasteiger partial charge on any atom is 0.0858 e. The number of nitrogens with zero attached hydrogens (tertiary/aromatic N) is 1. The third kappa shape index (κ3) is 4.25. The summed E-state index contributed by atoms with van der Waals surface area (Å²) in [6.07, 6.45) is 4.01. The van der Waals surface area contributed by atoms with E-state index in [1.807, 2.05) is 36.4 Å². The molecule has 1 radical (unpaired) electrons. The summed E-state index contributed by atoms with van der Waals surface area (Å²) in [5.74, 6) is 0.887. The van der Waals surface area contributed by atoms with Crippen molar-refractivity contribution in [2.45, 2.75) is 19.8 Å². The van der Waals surface area contributed by atoms with Crippen molar-refractivity contribution in [3.63, 3.8) is 0 Å². The van der Waals surface area contributed by atoms with Crippen molar-refractivity contribution in [3.8, 4) is 17.0 Å². The van der Waals surface area contributed by atoms with Crippen LogP contribution in [0.5, 0.6) is 5.75 Å². The number of hydrogen-bond acceptors (Lipinski definition) is 2. The van der Waals surface area contributed by atoms with E-state index >= 15 is 0 Å². The Morgan fingerprint density at radius 2 is 2.17 bits per heavy atom. The van der Waals surface area contributed by atoms with Gasteiger partial charge >= 0.3 is 0 Å². The van der Waals surface area contributed by atoms with E-state index in [1.54, 1.807) is 6.20 Å². The molecular weight excluding hydrogens is 402 g/mol. The number of benzene rings is 1. The summed E-state index contributed by atoms with van der Waals surface area (Å²) < 4.78 is 5.66. The van der Waals surface area contributed by atoms with Gasteiger partial charge in [0.05, 0.1) is 6.61 Å². The Kier molecular flexibility index (Phi) is 6.63. The summed E-state index contributed by atoms with van der Waals surface area (Å²) in [7, 11) is 0. The minimum Gasteiger partial charge on any atom is -0.513 e. The third-order valence-electron chi connectivity index (χ3n) is 2.48. The standard InChI is InChI=1S/C15H16NO.Ir/c1-2-3-11-17-14-8-6-7-13(12-14)15-9-4-5-10-16-15;/h4-6,8-10,12H,2-3,11H2,1H3;/q-1;. The fraction of sp³-hybridized carbons (Fsp3) is 0.267. The quantitative estimate of drug-likeness (QED) is 0.545. The minimum absolute atomic E-state index is 0. The summed E-state index contributed by atoms with van der Waals surface area (Å²) >= 11 is 0. The van der Waals surface area contributed by atoms with E-state index in [9.17, 15) is 0 Å². The molecule has 0 spiro atoms. The molecule has 3 heteroatoms. The van der Waals surface area contributed by atoms with Gasteiger partial charge in [-0.1, -0.05) is 25.5 Å². The van der Waals surface area contributed by atoms with Crippen LogP contribution in [-0.2, 0) is 20.1 Å². The summed E-state index contributed by atoms with van der Waals surface area (Å²) in [4.78, 5) is 4.30. The predicted octanol–water partition coefficient (Wildman–Crippen LogP) is 3.73. The van der Waals surface area contributed by atoms with Crippen molar-refractivity contribution in [3.05, 3.63) is 48.7 Å². The molecule has 0 saturated carbocycles. The summed E-state index contributed by atoms with van der Waals surface area (Å²) in [6, 6.07) is 14.8. The van der Waals surface area contributed by atoms with Gasteiger partial charge in [0, 0.05) is 32.1 Å². The van der Waals surface area contributed by atoms with Crippen LogP contribution in [0, 0.1) is 6.07 Å². The number of hydrogen-bond donors (Lipinski definition) is 0. The largest absolute Gasteiger partial charge is 0.513 e. The molecule has 0 aliphatic carbocycles. The van der Waals surface area contributed by atoms with Gasteiger partial charge in [-0.2, -0.15) is 0 Å². The van der Waals surface area contributed by atoms with E-state index in [-0.39, 0.29) is 20.1 Å². The van der Waals surface area contributed by atoms with Crippen LogP contribution in [0.2, 0.25) is 0 Å². The van der Waals surface area contributed by atoms with E-state index in [0.29, 0.717) is 0 Å². The number of ether oxygens (including phenoxy) is 1. The van der Waals surface area contributed by atoms with E-state index in [2.05, 4.69) is 18.0 Å². The molecule has 0 amide bonds. The fourth-order valence-electron chi connectivity index (χ4n) is 1.54. The molecule has 0 N–H and O–H groups in total. The first-order chi connectivity index (χ1) is 8.40. The Labute approximate surface area is 122 Å². The van der Waals surface area contributed by atoms with Gasteiger partial charge in [0.25, 0.3) is 0 Å². The molecule has 18 heavy (non-hydrogen) atoms. The van der Waals surface area contributed by atoms with Gasteiger partial charge in [0.1, 0.15) is 0 Å². The minimum atomic E-state index is 0. The summed E-state index contributed by atoms with van der Waals surface area (Å²) in [6.45, 7) is 2.92. The first kappa shape index (κ1) is 14.9. The van der Waals surface area contributed by atoms with Gasteiger partial charge in [-0.3, -0.25) is 0 Å². The van der Waals surface area contributed by atoms with Gasteiger partial charge in [-0.25, -0.2) is 0 Å². The summed E-state index contributed by atoms with van der Waals surface area (Å²) in [5.41, 5.74) is 1.90. The smallest absolute Gasteiger partial charge is 0.0858 e. The summed E-state index contributed by atoms with van der Waals surface area (Å²) in [5, 5.41) is 0. The van der Waals surface area contributed by atoms with Gasteiger partial charge in [0.2, 0.25) is 0 Å². The number of unbranched alkanes of at least 4 members (excludes halogenated alkanes) is 1. The van der Waals surface area contributed by atoms with Crippen molar-refractivity contribution < 1.29 is 24.8 Å². The molecule has 0 saturated heterocycles. The molecule has 1 aromatic carbocycles. The monoisotopic (exact) mass is 419 g/mol. The SMILES string of the molecule is CCCCOc1cc[c-]c(-c2ccccn2)c1.[Ir]. The Morgan fingerprint density at radius 1 is 1.28 bits per heavy atom. The average Bonchev–Trinajstić information content (AvgIpc) is 2.41. The van der Waals surface area contributed by atoms with Crippen molar-refractivity contribution in [2.75, 3.05) is 6.61 Å². The second-order valence-electron chi connectivity index (χ2n) is 3.86. The molecule has 0 atom stereocenters. The maximum absolute atomic E-state index is 5.66. The predicted molar refractivity (Wildman–Crippen MR) is 68.9 cm³/mol. The molecule has 0 aliphatic heterocycles. The van der Waals surface area contributed by atoms with E-state index in [4.69, 9.17) is 4.74 Å². The zero-order chi connectivity index (χ0) is 11.9. The molecule has 0 fully saturated rings. The topological polar surface area (TPSA) is 22.1 Å². The van der Waals surface area contributed by atoms with Crippen molar-refractivity contribution in [1.29, 1.82) is 0 Å². The molecule has 0 aliphatic rings. The molecule has 1 aromatic heterocycles. The zero-order valence-electron chi connectivity index (χ0n) is 10.4. The van der Waals surface area contributed by atoms with Crippen LogP contribution in [0.4, 0.5) is 0 Å². The van der Waals surface area contributed by atoms with E-state index < -0.39 is 0 Å². The molecule has 1 heterocycles. The fourth-order valence-corrected chi connectivity index (χ4v) is 1.54. The molecular formula is C15H16IrNO-. The van der Waals surface area contributed by atoms with E-state index in [1.165, 1.54) is 0 Å². The Hall–Kier alpha value is -1.18. The van der Waals surface area contributed by atoms with Crippen molar-refractivity contribution in [2.24, 2.45) is 0 Å². The van der Waals surface area contributed by atoms with Crippen LogP contribution in [0.3, 0.4) is 0 Å². The van der Waals surface area contributed by atoms with Crippen LogP contribution in [0.15, 0.2) is 42.6 Å². The van der Waals surface area contributed by atoms with Crippen LogP contribution >= 0.6 is 0 Å². The van der Waals surface area contributed by atoms with Crippen LogP contribution in [0.25, 0.3) is 11.3 Å². The molecule has 0 unspecified atom stereocenters. The molecule has 2 aromatic rings. The van der Waals surface area contributed by atoms with Crippen LogP contribution in [-0.4, -0.2) is 11.6 Å². The van der Waals surface area contributed by atoms with Gasteiger partial charge in [-0.05, 0) is 18.2 Å². The van der Waals surface area contributed by atoms with Crippen LogP contribution in [0.1, 0.15) is 19.8 Å². The van der Waals surface area contributed by atoms with Crippen LogP contribution < -0.4 is 4.74 Å². The van der Waals surface area contributed by atoms with Gasteiger partial charge < -0.3 is 9.72 Å². The Morgan fingerprint density at radius 3 is 2.89 bits per heavy atom. The molecule has 0 bridgehead atoms. The third-order valence-corrected chi connectivity index (χ3v) is 2.48. The number of rotatable bonds is 5. The average molecular weight is 419 g/mol. The second-order valence-corrected chi connectivity index (χ2v) is 3.86. The molecule has 97 valence electrons. The zero-order valence-corrected chi connectivity index (χ0v) is 12.7. The normalized spacial score (nSPS) is 9.61. The van der Waals surface area contributed by atoms with Crippen molar-refractivity contribution in [1.82, 2.24) is 4.98 Å². The first-order valence-corrected chi connectivity index (χ1v) is 5.96. The molecule has 2 rings (SSSR count). The van der Waals surface area contributed by atoms with E-state index in [0.717, 1.165) is 36.5 Å². The second kappa shape index (κ2) is 8.02. The number of aromatic nitrogens is 1. The van der Waals surface area contributed by atoms with Gasteiger partial charge in [0.15, 0.2) is 0 Å². The van der Waals surface area contributed by atoms with Crippen molar-refractivity contribution >= 4 is 0 Å². The van der Waals surface area contributed by atoms with Gasteiger partial charge in [-0.15, -0.1) is 29.8 Å². The number of pyridine rings is 1. The first-order valence-electron chi connectivity index (χ1n) is 5.96. The molecule has 2 nitrogen and oxygen atoms in total. The Balaban J connectivity index is 0.00000162. The maximum atomic E-state index is 5.66. The Bertz CT molecular complexity index is 459.